The number of nitrogens with one attached hydrogen (secondary N) is 2. The average Bonchev–Trinajstić information content (AvgIpc) is 3.28. The monoisotopic (exact) mass is 448 g/mol. The van der Waals surface area contributed by atoms with Gasteiger partial charge in [0.15, 0.2) is 5.82 Å². The lowest BCUT2D eigenvalue weighted by molar-refractivity contribution is -0.00585. The van der Waals surface area contributed by atoms with E-state index >= 15 is 0 Å². The molecule has 2 aromatic heterocycles. The quantitative estimate of drug-likeness (QED) is 0.490. The molecule has 4 rings (SSSR count). The molecule has 2 heterocycles. The van der Waals surface area contributed by atoms with Crippen molar-refractivity contribution in [3.8, 4) is 5.75 Å². The second-order valence-electron chi connectivity index (χ2n) is 8.52. The number of hydrogen-bond donors (Lipinski definition) is 3. The third-order valence-corrected chi connectivity index (χ3v) is 6.06. The molecular weight excluding hydrogens is 418 g/mol. The number of fused-ring (bicyclic) bond motifs is 1. The van der Waals surface area contributed by atoms with Crippen molar-refractivity contribution < 1.29 is 18.6 Å². The van der Waals surface area contributed by atoms with Gasteiger partial charge in [-0.15, -0.1) is 0 Å². The third-order valence-electron chi connectivity index (χ3n) is 6.06. The number of anilines is 2. The van der Waals surface area contributed by atoms with Crippen LogP contribution in [-0.4, -0.2) is 55.7 Å². The smallest absolute Gasteiger partial charge is 0.265 e. The summed E-state index contributed by atoms with van der Waals surface area (Å²) in [4.78, 5) is 4.52. The first kappa shape index (κ1) is 22.5. The zero-order valence-corrected chi connectivity index (χ0v) is 18.6. The van der Waals surface area contributed by atoms with Crippen LogP contribution in [0.25, 0.3) is 11.0 Å². The third kappa shape index (κ3) is 5.02. The second kappa shape index (κ2) is 9.41. The number of rotatable bonds is 8. The molecule has 1 aliphatic rings. The molecule has 1 atom stereocenters. The Hall–Kier alpha value is -2.72. The van der Waals surface area contributed by atoms with Crippen molar-refractivity contribution in [2.45, 2.75) is 57.3 Å². The highest BCUT2D eigenvalue weighted by molar-refractivity contribution is 5.91. The molecule has 1 aromatic carbocycles. The Labute approximate surface area is 185 Å². The maximum atomic E-state index is 12.5. The van der Waals surface area contributed by atoms with Gasteiger partial charge in [-0.2, -0.15) is 5.10 Å². The van der Waals surface area contributed by atoms with Gasteiger partial charge in [0.05, 0.1) is 23.6 Å². The number of aliphatic hydroxyl groups is 1. The maximum Gasteiger partial charge on any atom is 0.265 e. The summed E-state index contributed by atoms with van der Waals surface area (Å²) >= 11 is 0. The lowest BCUT2D eigenvalue weighted by Crippen LogP contribution is -2.41. The van der Waals surface area contributed by atoms with E-state index in [0.717, 1.165) is 59.7 Å². The number of ether oxygens (including phenoxy) is 1. The lowest BCUT2D eigenvalue weighted by atomic mass is 9.93. The van der Waals surface area contributed by atoms with Crippen molar-refractivity contribution in [3.63, 3.8) is 0 Å². The first-order valence-corrected chi connectivity index (χ1v) is 10.9. The van der Waals surface area contributed by atoms with Gasteiger partial charge in [-0.05, 0) is 32.6 Å². The van der Waals surface area contributed by atoms with Crippen molar-refractivity contribution in [1.29, 1.82) is 0 Å². The van der Waals surface area contributed by atoms with E-state index in [1.165, 1.54) is 0 Å². The maximum absolute atomic E-state index is 12.5. The Morgan fingerprint density at radius 3 is 2.59 bits per heavy atom. The van der Waals surface area contributed by atoms with E-state index in [-0.39, 0.29) is 18.7 Å². The fraction of sp³-hybridized carbons (Fsp3) is 0.545. The van der Waals surface area contributed by atoms with Gasteiger partial charge in [0.1, 0.15) is 17.4 Å². The molecule has 0 amide bonds. The Bertz CT molecular complexity index is 1040. The van der Waals surface area contributed by atoms with Gasteiger partial charge in [0.25, 0.3) is 6.43 Å². The SMILES string of the molecule is Cc1cc(Nc2cc(OC3CCC(NC[C@@H](O)C(F)F)CC3)cc3c2ncn3C)nn1C. The molecule has 0 saturated heterocycles. The molecule has 0 radical (unpaired) electrons. The largest absolute Gasteiger partial charge is 0.490 e. The average molecular weight is 449 g/mol. The van der Waals surface area contributed by atoms with Crippen molar-refractivity contribution in [3.05, 3.63) is 30.2 Å². The summed E-state index contributed by atoms with van der Waals surface area (Å²) in [6, 6.07) is 6.03. The number of aryl methyl sites for hydroxylation is 3. The topological polar surface area (TPSA) is 89.2 Å². The molecule has 10 heteroatoms. The molecule has 0 spiro atoms. The second-order valence-corrected chi connectivity index (χ2v) is 8.52. The van der Waals surface area contributed by atoms with Crippen molar-refractivity contribution in [1.82, 2.24) is 24.6 Å². The van der Waals surface area contributed by atoms with Crippen LogP contribution in [-0.2, 0) is 14.1 Å². The molecule has 3 N–H and O–H groups in total. The number of hydrogen-bond acceptors (Lipinski definition) is 6. The van der Waals surface area contributed by atoms with Crippen LogP contribution in [0.1, 0.15) is 31.4 Å². The van der Waals surface area contributed by atoms with E-state index < -0.39 is 12.5 Å². The molecule has 0 unspecified atom stereocenters. The first-order valence-electron chi connectivity index (χ1n) is 10.9. The summed E-state index contributed by atoms with van der Waals surface area (Å²) in [5, 5.41) is 20.2. The van der Waals surface area contributed by atoms with Gasteiger partial charge in [0, 0.05) is 50.6 Å². The molecule has 0 bridgehead atoms. The van der Waals surface area contributed by atoms with Crippen LogP contribution in [0.4, 0.5) is 20.3 Å². The van der Waals surface area contributed by atoms with Gasteiger partial charge in [0.2, 0.25) is 0 Å². The van der Waals surface area contributed by atoms with Crippen molar-refractivity contribution >= 4 is 22.5 Å². The van der Waals surface area contributed by atoms with E-state index in [1.807, 2.05) is 48.5 Å². The van der Waals surface area contributed by atoms with Gasteiger partial charge in [-0.25, -0.2) is 13.8 Å². The molecule has 32 heavy (non-hydrogen) atoms. The first-order chi connectivity index (χ1) is 15.3. The predicted molar refractivity (Wildman–Crippen MR) is 119 cm³/mol. The molecule has 3 aromatic rings. The minimum atomic E-state index is -2.72. The number of halogens is 2. The van der Waals surface area contributed by atoms with Crippen LogP contribution in [0.2, 0.25) is 0 Å². The summed E-state index contributed by atoms with van der Waals surface area (Å²) in [6.07, 6.45) is 0.727. The van der Waals surface area contributed by atoms with E-state index in [0.29, 0.717) is 0 Å². The molecule has 8 nitrogen and oxygen atoms in total. The molecule has 0 aliphatic heterocycles. The van der Waals surface area contributed by atoms with Crippen LogP contribution in [0.3, 0.4) is 0 Å². The number of nitrogens with zero attached hydrogens (tertiary/aromatic N) is 4. The van der Waals surface area contributed by atoms with E-state index in [4.69, 9.17) is 4.74 Å². The summed E-state index contributed by atoms with van der Waals surface area (Å²) < 4.78 is 35.0. The normalized spacial score (nSPS) is 20.1. The van der Waals surface area contributed by atoms with Crippen molar-refractivity contribution in [2.75, 3.05) is 11.9 Å². The van der Waals surface area contributed by atoms with Crippen LogP contribution in [0.15, 0.2) is 24.5 Å². The number of imidazole rings is 1. The fourth-order valence-electron chi connectivity index (χ4n) is 4.08. The number of alkyl halides is 2. The standard InChI is InChI=1S/C22H30F2N6O2/c1-13-8-20(28-30(13)3)27-17-9-16(10-18-21(17)26-12-29(18)2)32-15-6-4-14(5-7-15)25-11-19(31)22(23)24/h8-10,12,14-15,19,22,25,31H,4-7,11H2,1-3H3,(H,27,28)/t14?,15?,19-/m1/s1. The van der Waals surface area contributed by atoms with Crippen LogP contribution in [0, 0.1) is 6.92 Å². The highest BCUT2D eigenvalue weighted by Crippen LogP contribution is 2.32. The van der Waals surface area contributed by atoms with Crippen LogP contribution < -0.4 is 15.4 Å². The molecule has 1 saturated carbocycles. The van der Waals surface area contributed by atoms with Crippen molar-refractivity contribution in [2.24, 2.45) is 14.1 Å². The Morgan fingerprint density at radius 1 is 1.19 bits per heavy atom. The van der Waals surface area contributed by atoms with Gasteiger partial charge in [-0.3, -0.25) is 4.68 Å². The predicted octanol–water partition coefficient (Wildman–Crippen LogP) is 3.26. The highest BCUT2D eigenvalue weighted by atomic mass is 19.3. The Balaban J connectivity index is 1.43. The van der Waals surface area contributed by atoms with Gasteiger partial charge in [-0.1, -0.05) is 0 Å². The van der Waals surface area contributed by atoms with Crippen LogP contribution >= 0.6 is 0 Å². The molecule has 174 valence electrons. The van der Waals surface area contributed by atoms with Crippen LogP contribution in [0.5, 0.6) is 5.75 Å². The number of aromatic nitrogens is 4. The zero-order chi connectivity index (χ0) is 22.8. The summed E-state index contributed by atoms with van der Waals surface area (Å²) in [5.41, 5.74) is 3.67. The van der Waals surface area contributed by atoms with E-state index in [2.05, 4.69) is 20.7 Å². The highest BCUT2D eigenvalue weighted by Gasteiger charge is 2.25. The molecular formula is C22H30F2N6O2. The Morgan fingerprint density at radius 2 is 1.94 bits per heavy atom. The number of aliphatic hydroxyl groups excluding tert-OH is 1. The van der Waals surface area contributed by atoms with Gasteiger partial charge >= 0.3 is 0 Å². The summed E-state index contributed by atoms with van der Waals surface area (Å²) in [6.45, 7) is 1.90. The minimum absolute atomic E-state index is 0.0451. The zero-order valence-electron chi connectivity index (χ0n) is 18.6. The Kier molecular flexibility index (Phi) is 6.61. The van der Waals surface area contributed by atoms with E-state index in [1.54, 1.807) is 6.33 Å². The number of benzene rings is 1. The minimum Gasteiger partial charge on any atom is -0.490 e. The summed E-state index contributed by atoms with van der Waals surface area (Å²) in [7, 11) is 3.84. The fourth-order valence-corrected chi connectivity index (χ4v) is 4.08. The van der Waals surface area contributed by atoms with Gasteiger partial charge < -0.3 is 25.0 Å². The van der Waals surface area contributed by atoms with E-state index in [9.17, 15) is 13.9 Å². The molecule has 1 aliphatic carbocycles. The lowest BCUT2D eigenvalue weighted by Gasteiger charge is -2.30. The molecule has 1 fully saturated rings. The summed E-state index contributed by atoms with van der Waals surface area (Å²) in [5.74, 6) is 1.49.